The van der Waals surface area contributed by atoms with Crippen LogP contribution < -0.4 is 5.32 Å². The van der Waals surface area contributed by atoms with Crippen LogP contribution in [-0.2, 0) is 4.74 Å². The van der Waals surface area contributed by atoms with Crippen LogP contribution in [0.3, 0.4) is 0 Å². The van der Waals surface area contributed by atoms with E-state index >= 15 is 0 Å². The lowest BCUT2D eigenvalue weighted by Gasteiger charge is -2.27. The first-order valence-corrected chi connectivity index (χ1v) is 11.2. The molecule has 7 nitrogen and oxygen atoms in total. The van der Waals surface area contributed by atoms with Gasteiger partial charge >= 0.3 is 0 Å². The number of hydrogen-bond donors (Lipinski definition) is 2. The molecule has 1 saturated heterocycles. The van der Waals surface area contributed by atoms with Crippen molar-refractivity contribution in [2.24, 2.45) is 0 Å². The van der Waals surface area contributed by atoms with Gasteiger partial charge in [-0.2, -0.15) is 0 Å². The van der Waals surface area contributed by atoms with Gasteiger partial charge in [-0.25, -0.2) is 9.97 Å². The number of carbonyl (C=O) groups excluding carboxylic acids is 1. The van der Waals surface area contributed by atoms with E-state index in [0.29, 0.717) is 37.7 Å². The van der Waals surface area contributed by atoms with Crippen LogP contribution in [-0.4, -0.2) is 52.2 Å². The fraction of sp³-hybridized carbons (Fsp3) is 0.211. The van der Waals surface area contributed by atoms with Crippen LogP contribution in [0.25, 0.3) is 0 Å². The number of phenols is 1. The zero-order valence-electron chi connectivity index (χ0n) is 15.2. The summed E-state index contributed by atoms with van der Waals surface area (Å²) >= 11 is 6.32. The third-order valence-electron chi connectivity index (χ3n) is 4.15. The molecule has 0 unspecified atom stereocenters. The van der Waals surface area contributed by atoms with Gasteiger partial charge in [0.15, 0.2) is 5.13 Å². The normalized spacial score (nSPS) is 14.0. The van der Waals surface area contributed by atoms with E-state index < -0.39 is 0 Å². The molecule has 29 heavy (non-hydrogen) atoms. The van der Waals surface area contributed by atoms with E-state index in [4.69, 9.17) is 4.74 Å². The quantitative estimate of drug-likeness (QED) is 0.511. The average Bonchev–Trinajstić information content (AvgIpc) is 3.16. The van der Waals surface area contributed by atoms with E-state index in [0.717, 1.165) is 18.8 Å². The Morgan fingerprint density at radius 3 is 2.90 bits per heavy atom. The lowest BCUT2D eigenvalue weighted by atomic mass is 10.1. The van der Waals surface area contributed by atoms with Crippen LogP contribution >= 0.6 is 39.0 Å². The predicted molar refractivity (Wildman–Crippen MR) is 116 cm³/mol. The van der Waals surface area contributed by atoms with Crippen LogP contribution in [0.15, 0.2) is 56.3 Å². The maximum atomic E-state index is 12.7. The summed E-state index contributed by atoms with van der Waals surface area (Å²) in [5.74, 6) is 0.507. The highest BCUT2D eigenvalue weighted by molar-refractivity contribution is 9.10. The fourth-order valence-electron chi connectivity index (χ4n) is 2.75. The molecule has 0 radical (unpaired) electrons. The molecule has 0 aliphatic carbocycles. The molecule has 1 fully saturated rings. The van der Waals surface area contributed by atoms with Gasteiger partial charge < -0.3 is 20.1 Å². The number of aromatic nitrogens is 2. The van der Waals surface area contributed by atoms with Crippen molar-refractivity contribution in [3.05, 3.63) is 52.8 Å². The second-order valence-corrected chi connectivity index (χ2v) is 9.36. The number of nitrogens with one attached hydrogen (secondary N) is 1. The molecule has 3 heterocycles. The lowest BCUT2D eigenvalue weighted by molar-refractivity contribution is 0.0301. The van der Waals surface area contributed by atoms with Crippen LogP contribution in [0.4, 0.5) is 10.9 Å². The van der Waals surface area contributed by atoms with Gasteiger partial charge in [-0.1, -0.05) is 29.2 Å². The van der Waals surface area contributed by atoms with Gasteiger partial charge in [0.05, 0.1) is 29.2 Å². The van der Waals surface area contributed by atoms with Crippen molar-refractivity contribution in [1.29, 1.82) is 0 Å². The summed E-state index contributed by atoms with van der Waals surface area (Å²) in [6.07, 6.45) is 1.77. The Morgan fingerprint density at radius 1 is 1.28 bits per heavy atom. The summed E-state index contributed by atoms with van der Waals surface area (Å²) in [5, 5.41) is 14.1. The Labute approximate surface area is 184 Å². The minimum absolute atomic E-state index is 0.0155. The lowest BCUT2D eigenvalue weighted by Crippen LogP contribution is -2.40. The molecule has 1 amide bonds. The minimum atomic E-state index is -0.180. The Morgan fingerprint density at radius 2 is 2.10 bits per heavy atom. The minimum Gasteiger partial charge on any atom is -0.507 e. The van der Waals surface area contributed by atoms with Crippen LogP contribution in [0.1, 0.15) is 10.4 Å². The van der Waals surface area contributed by atoms with Gasteiger partial charge in [-0.05, 0) is 46.3 Å². The number of aromatic hydroxyl groups is 1. The number of pyridine rings is 1. The van der Waals surface area contributed by atoms with E-state index in [1.807, 2.05) is 18.2 Å². The highest BCUT2D eigenvalue weighted by Gasteiger charge is 2.21. The van der Waals surface area contributed by atoms with Crippen molar-refractivity contribution in [1.82, 2.24) is 14.9 Å². The summed E-state index contributed by atoms with van der Waals surface area (Å²) < 4.78 is 6.99. The molecule has 0 saturated carbocycles. The van der Waals surface area contributed by atoms with Crippen molar-refractivity contribution in [3.63, 3.8) is 0 Å². The monoisotopic (exact) mass is 492 g/mol. The molecule has 2 N–H and O–H groups in total. The van der Waals surface area contributed by atoms with E-state index in [1.165, 1.54) is 23.1 Å². The maximum Gasteiger partial charge on any atom is 0.257 e. The van der Waals surface area contributed by atoms with E-state index in [9.17, 15) is 9.90 Å². The van der Waals surface area contributed by atoms with Crippen LogP contribution in [0.2, 0.25) is 0 Å². The molecule has 1 aliphatic rings. The van der Waals surface area contributed by atoms with E-state index in [1.54, 1.807) is 29.3 Å². The van der Waals surface area contributed by atoms with E-state index in [2.05, 4.69) is 31.2 Å². The SMILES string of the molecule is O=C(c1cc(Sc2cnc(Nc3cccc(Br)n3)s2)ccc1O)N1CCOCC1. The van der Waals surface area contributed by atoms with Gasteiger partial charge in [0.2, 0.25) is 0 Å². The molecule has 2 aromatic heterocycles. The molecule has 150 valence electrons. The molecule has 0 spiro atoms. The standard InChI is InChI=1S/C19H17BrN4O3S2/c20-15-2-1-3-16(22-15)23-19-21-11-17(29-19)28-12-4-5-14(25)13(10-12)18(26)24-6-8-27-9-7-24/h1-5,10-11,25H,6-9H2,(H,21,22,23). The predicted octanol–water partition coefficient (Wildman–Crippen LogP) is 4.37. The average molecular weight is 493 g/mol. The summed E-state index contributed by atoms with van der Waals surface area (Å²) in [7, 11) is 0. The molecule has 1 aromatic carbocycles. The first-order chi connectivity index (χ1) is 14.1. The summed E-state index contributed by atoms with van der Waals surface area (Å²) in [4.78, 5) is 24.0. The summed E-state index contributed by atoms with van der Waals surface area (Å²) in [6, 6.07) is 10.7. The highest BCUT2D eigenvalue weighted by atomic mass is 79.9. The third-order valence-corrected chi connectivity index (χ3v) is 6.60. The Balaban J connectivity index is 1.47. The molecular weight excluding hydrogens is 476 g/mol. The Hall–Kier alpha value is -2.14. The molecule has 0 bridgehead atoms. The van der Waals surface area contributed by atoms with Gasteiger partial charge in [0.1, 0.15) is 16.2 Å². The topological polar surface area (TPSA) is 87.6 Å². The zero-order valence-corrected chi connectivity index (χ0v) is 18.4. The number of carbonyl (C=O) groups is 1. The maximum absolute atomic E-state index is 12.7. The fourth-order valence-corrected chi connectivity index (χ4v) is 5.00. The molecule has 4 rings (SSSR count). The molecule has 0 atom stereocenters. The molecular formula is C19H17BrN4O3S2. The number of morpholine rings is 1. The number of hydrogen-bond acceptors (Lipinski definition) is 8. The number of nitrogens with zero attached hydrogens (tertiary/aromatic N) is 3. The largest absolute Gasteiger partial charge is 0.507 e. The Kier molecular flexibility index (Phi) is 6.34. The molecule has 10 heteroatoms. The smallest absolute Gasteiger partial charge is 0.257 e. The first-order valence-electron chi connectivity index (χ1n) is 8.82. The van der Waals surface area contributed by atoms with Crippen molar-refractivity contribution in [2.45, 2.75) is 9.10 Å². The summed E-state index contributed by atoms with van der Waals surface area (Å²) in [6.45, 7) is 2.10. The number of phenolic OH excluding ortho intramolecular Hbond substituents is 1. The van der Waals surface area contributed by atoms with E-state index in [-0.39, 0.29) is 11.7 Å². The Bertz CT molecular complexity index is 1020. The first kappa shape index (κ1) is 20.1. The highest BCUT2D eigenvalue weighted by Crippen LogP contribution is 2.36. The van der Waals surface area contributed by atoms with Crippen molar-refractivity contribution < 1.29 is 14.6 Å². The molecule has 1 aliphatic heterocycles. The molecule has 3 aromatic rings. The van der Waals surface area contributed by atoms with Crippen LogP contribution in [0.5, 0.6) is 5.75 Å². The number of anilines is 2. The van der Waals surface area contributed by atoms with Crippen molar-refractivity contribution in [3.8, 4) is 5.75 Å². The number of rotatable bonds is 5. The van der Waals surface area contributed by atoms with Crippen molar-refractivity contribution >= 4 is 55.9 Å². The van der Waals surface area contributed by atoms with Gasteiger partial charge in [0, 0.05) is 18.0 Å². The van der Waals surface area contributed by atoms with Crippen molar-refractivity contribution in [2.75, 3.05) is 31.6 Å². The summed E-state index contributed by atoms with van der Waals surface area (Å²) in [5.41, 5.74) is 0.304. The number of ether oxygens (including phenoxy) is 1. The van der Waals surface area contributed by atoms with Gasteiger partial charge in [-0.3, -0.25) is 4.79 Å². The zero-order chi connectivity index (χ0) is 20.2. The second kappa shape index (κ2) is 9.12. The number of amides is 1. The number of halogens is 1. The van der Waals surface area contributed by atoms with Gasteiger partial charge in [0.25, 0.3) is 5.91 Å². The third kappa shape index (κ3) is 5.08. The number of thiazole rings is 1. The van der Waals surface area contributed by atoms with Crippen LogP contribution in [0, 0.1) is 0 Å². The second-order valence-electron chi connectivity index (χ2n) is 6.14. The van der Waals surface area contributed by atoms with Gasteiger partial charge in [-0.15, -0.1) is 0 Å². The number of benzene rings is 1.